The predicted octanol–water partition coefficient (Wildman–Crippen LogP) is 8.52. The molecule has 0 radical (unpaired) electrons. The van der Waals surface area contributed by atoms with E-state index in [0.29, 0.717) is 56.3 Å². The first-order valence-corrected chi connectivity index (χ1v) is 14.3. The maximum absolute atomic E-state index is 13.9. The van der Waals surface area contributed by atoms with Crippen LogP contribution in [0.1, 0.15) is 73.7 Å². The number of hydrogen-bond donors (Lipinski definition) is 1. The maximum Gasteiger partial charge on any atom is 0.416 e. The van der Waals surface area contributed by atoms with Crippen LogP contribution in [0.25, 0.3) is 0 Å². The molecule has 0 saturated heterocycles. The molecule has 1 fully saturated rings. The molecular formula is C33H34F6N2O2. The van der Waals surface area contributed by atoms with E-state index in [9.17, 15) is 35.9 Å². The van der Waals surface area contributed by atoms with Gasteiger partial charge in [0.05, 0.1) is 17.2 Å². The van der Waals surface area contributed by atoms with Gasteiger partial charge in [0.15, 0.2) is 0 Å². The van der Waals surface area contributed by atoms with Crippen molar-refractivity contribution in [2.24, 2.45) is 5.92 Å². The molecule has 0 bridgehead atoms. The second-order valence-corrected chi connectivity index (χ2v) is 11.0. The monoisotopic (exact) mass is 604 g/mol. The first kappa shape index (κ1) is 32.1. The molecule has 3 aromatic carbocycles. The summed E-state index contributed by atoms with van der Waals surface area (Å²) in [5, 5.41) is 3.04. The lowest BCUT2D eigenvalue weighted by Crippen LogP contribution is -2.43. The van der Waals surface area contributed by atoms with E-state index < -0.39 is 35.4 Å². The van der Waals surface area contributed by atoms with Crippen molar-refractivity contribution in [2.75, 3.05) is 4.90 Å². The Morgan fingerprint density at radius 3 is 1.88 bits per heavy atom. The van der Waals surface area contributed by atoms with E-state index in [-0.39, 0.29) is 29.5 Å². The fourth-order valence-corrected chi connectivity index (χ4v) is 5.58. The smallest absolute Gasteiger partial charge is 0.353 e. The summed E-state index contributed by atoms with van der Waals surface area (Å²) in [5.74, 6) is -0.936. The van der Waals surface area contributed by atoms with E-state index >= 15 is 0 Å². The van der Waals surface area contributed by atoms with Gasteiger partial charge in [0.2, 0.25) is 11.8 Å². The topological polar surface area (TPSA) is 49.4 Å². The minimum Gasteiger partial charge on any atom is -0.353 e. The van der Waals surface area contributed by atoms with Crippen LogP contribution in [0.5, 0.6) is 0 Å². The minimum atomic E-state index is -5.00. The number of hydrogen-bond acceptors (Lipinski definition) is 2. The molecule has 2 amide bonds. The molecule has 1 aliphatic carbocycles. The highest BCUT2D eigenvalue weighted by molar-refractivity contribution is 5.95. The highest BCUT2D eigenvalue weighted by atomic mass is 19.4. The van der Waals surface area contributed by atoms with E-state index in [0.717, 1.165) is 12.0 Å². The summed E-state index contributed by atoms with van der Waals surface area (Å²) in [5.41, 5.74) is -1.59. The van der Waals surface area contributed by atoms with Crippen molar-refractivity contribution in [3.05, 3.63) is 101 Å². The van der Waals surface area contributed by atoms with Crippen LogP contribution < -0.4 is 10.2 Å². The molecule has 0 aromatic heterocycles. The van der Waals surface area contributed by atoms with Crippen LogP contribution in [-0.4, -0.2) is 17.9 Å². The van der Waals surface area contributed by atoms with Crippen molar-refractivity contribution >= 4 is 17.5 Å². The van der Waals surface area contributed by atoms with Gasteiger partial charge in [-0.05, 0) is 86.9 Å². The van der Waals surface area contributed by atoms with Crippen LogP contribution in [0.15, 0.2) is 78.9 Å². The summed E-state index contributed by atoms with van der Waals surface area (Å²) < 4.78 is 81.4. The second kappa shape index (κ2) is 13.7. The number of halogens is 6. The van der Waals surface area contributed by atoms with Gasteiger partial charge >= 0.3 is 12.4 Å². The fourth-order valence-electron chi connectivity index (χ4n) is 5.58. The molecule has 1 saturated carbocycles. The normalized spacial score (nSPS) is 18.1. The van der Waals surface area contributed by atoms with Crippen molar-refractivity contribution in [2.45, 2.75) is 76.3 Å². The van der Waals surface area contributed by atoms with Gasteiger partial charge in [-0.2, -0.15) is 26.3 Å². The van der Waals surface area contributed by atoms with Crippen LogP contribution in [0.3, 0.4) is 0 Å². The first-order valence-electron chi connectivity index (χ1n) is 14.3. The Kier molecular flexibility index (Phi) is 10.2. The van der Waals surface area contributed by atoms with Gasteiger partial charge < -0.3 is 10.2 Å². The molecule has 1 atom stereocenters. The lowest BCUT2D eigenvalue weighted by molar-refractivity contribution is -0.143. The zero-order valence-corrected chi connectivity index (χ0v) is 23.7. The molecule has 230 valence electrons. The van der Waals surface area contributed by atoms with E-state index in [1.165, 1.54) is 11.8 Å². The Morgan fingerprint density at radius 2 is 1.35 bits per heavy atom. The van der Waals surface area contributed by atoms with Crippen molar-refractivity contribution in [1.29, 1.82) is 0 Å². The highest BCUT2D eigenvalue weighted by Gasteiger charge is 2.39. The lowest BCUT2D eigenvalue weighted by Gasteiger charge is -2.36. The Bertz CT molecular complexity index is 1340. The Balaban J connectivity index is 1.46. The molecule has 1 N–H and O–H groups in total. The standard InChI is InChI=1S/C33H34F6N2O2/c1-22(25-19-26(32(34,35)36)21-27(20-25)33(37,38)39)41(29-12-6-3-7-13-29)31(43)24-15-17-28(18-16-24)40-30(42)14-8-11-23-9-4-2-5-10-23/h2-7,9-10,12-13,19-22,24,28H,8,11,14-18H2,1H3,(H,40,42). The molecule has 1 aliphatic rings. The third-order valence-electron chi connectivity index (χ3n) is 7.91. The van der Waals surface area contributed by atoms with E-state index in [1.807, 2.05) is 30.3 Å². The van der Waals surface area contributed by atoms with Gasteiger partial charge in [-0.3, -0.25) is 9.59 Å². The Morgan fingerprint density at radius 1 is 0.814 bits per heavy atom. The molecule has 4 rings (SSSR count). The van der Waals surface area contributed by atoms with Gasteiger partial charge in [0.25, 0.3) is 0 Å². The third-order valence-corrected chi connectivity index (χ3v) is 7.91. The molecule has 0 spiro atoms. The number of nitrogens with zero attached hydrogens (tertiary/aromatic N) is 1. The number of nitrogens with one attached hydrogen (secondary N) is 1. The zero-order valence-electron chi connectivity index (χ0n) is 23.7. The summed E-state index contributed by atoms with van der Waals surface area (Å²) in [6.07, 6.45) is -6.18. The molecule has 10 heteroatoms. The van der Waals surface area contributed by atoms with Gasteiger partial charge in [-0.25, -0.2) is 0 Å². The van der Waals surface area contributed by atoms with Gasteiger partial charge in [0.1, 0.15) is 0 Å². The van der Waals surface area contributed by atoms with Crippen molar-refractivity contribution < 1.29 is 35.9 Å². The summed E-state index contributed by atoms with van der Waals surface area (Å²) in [6, 6.07) is 18.3. The maximum atomic E-state index is 13.9. The Labute approximate surface area is 247 Å². The first-order chi connectivity index (χ1) is 20.3. The minimum absolute atomic E-state index is 0.0599. The molecule has 1 unspecified atom stereocenters. The van der Waals surface area contributed by atoms with Crippen molar-refractivity contribution in [3.8, 4) is 0 Å². The molecular weight excluding hydrogens is 570 g/mol. The lowest BCUT2D eigenvalue weighted by atomic mass is 9.84. The summed E-state index contributed by atoms with van der Waals surface area (Å²) in [4.78, 5) is 27.7. The van der Waals surface area contributed by atoms with Crippen LogP contribution in [0.2, 0.25) is 0 Å². The van der Waals surface area contributed by atoms with E-state index in [2.05, 4.69) is 5.32 Å². The summed E-state index contributed by atoms with van der Waals surface area (Å²) in [7, 11) is 0. The molecule has 4 nitrogen and oxygen atoms in total. The highest BCUT2D eigenvalue weighted by Crippen LogP contribution is 2.40. The molecule has 0 heterocycles. The average molecular weight is 605 g/mol. The number of alkyl halides is 6. The number of para-hydroxylation sites is 1. The SMILES string of the molecule is CC(c1cc(C(F)(F)F)cc(C(F)(F)F)c1)N(C(=O)C1CCC(NC(=O)CCCc2ccccc2)CC1)c1ccccc1. The Hall–Kier alpha value is -3.82. The molecule has 0 aliphatic heterocycles. The number of benzene rings is 3. The predicted molar refractivity (Wildman–Crippen MR) is 152 cm³/mol. The van der Waals surface area contributed by atoms with Crippen LogP contribution in [-0.2, 0) is 28.4 Å². The van der Waals surface area contributed by atoms with Crippen LogP contribution in [0, 0.1) is 5.92 Å². The van der Waals surface area contributed by atoms with Crippen LogP contribution >= 0.6 is 0 Å². The molecule has 43 heavy (non-hydrogen) atoms. The number of carbonyl (C=O) groups excluding carboxylic acids is 2. The quantitative estimate of drug-likeness (QED) is 0.249. The van der Waals surface area contributed by atoms with Gasteiger partial charge in [0, 0.05) is 24.1 Å². The third kappa shape index (κ3) is 8.61. The number of aryl methyl sites for hydroxylation is 1. The fraction of sp³-hybridized carbons (Fsp3) is 0.394. The largest absolute Gasteiger partial charge is 0.416 e. The van der Waals surface area contributed by atoms with E-state index in [4.69, 9.17) is 0 Å². The van der Waals surface area contributed by atoms with Crippen molar-refractivity contribution in [3.63, 3.8) is 0 Å². The van der Waals surface area contributed by atoms with Crippen LogP contribution in [0.4, 0.5) is 32.0 Å². The van der Waals surface area contributed by atoms with E-state index in [1.54, 1.807) is 30.3 Å². The van der Waals surface area contributed by atoms with Gasteiger partial charge in [-0.1, -0.05) is 48.5 Å². The number of carbonyl (C=O) groups is 2. The second-order valence-electron chi connectivity index (χ2n) is 11.0. The number of amides is 2. The summed E-state index contributed by atoms with van der Waals surface area (Å²) >= 11 is 0. The average Bonchev–Trinajstić information content (AvgIpc) is 2.97. The zero-order chi connectivity index (χ0) is 31.2. The molecule has 3 aromatic rings. The summed E-state index contributed by atoms with van der Waals surface area (Å²) in [6.45, 7) is 1.43. The number of rotatable bonds is 9. The van der Waals surface area contributed by atoms with Gasteiger partial charge in [-0.15, -0.1) is 0 Å². The number of anilines is 1. The van der Waals surface area contributed by atoms with Crippen molar-refractivity contribution in [1.82, 2.24) is 5.32 Å².